The van der Waals surface area contributed by atoms with Gasteiger partial charge in [-0.3, -0.25) is 4.79 Å². The number of halogens is 1. The van der Waals surface area contributed by atoms with Gasteiger partial charge in [-0.1, -0.05) is 53.7 Å². The van der Waals surface area contributed by atoms with E-state index in [0.29, 0.717) is 21.8 Å². The highest BCUT2D eigenvalue weighted by Gasteiger charge is 2.12. The SMILES string of the molecule is Cc1ccccc1Sc1ccc(NC(=O)c2ccccc2Cl)cc1C#N. The number of carbonyl (C=O) groups excluding carboxylic acids is 1. The fourth-order valence-electron chi connectivity index (χ4n) is 2.42. The second-order valence-corrected chi connectivity index (χ2v) is 7.12. The van der Waals surface area contributed by atoms with Gasteiger partial charge in [0.15, 0.2) is 0 Å². The molecule has 3 nitrogen and oxygen atoms in total. The number of anilines is 1. The molecule has 0 spiro atoms. The van der Waals surface area contributed by atoms with E-state index in [4.69, 9.17) is 11.6 Å². The van der Waals surface area contributed by atoms with Gasteiger partial charge in [-0.25, -0.2) is 0 Å². The van der Waals surface area contributed by atoms with E-state index in [1.165, 1.54) is 11.8 Å². The lowest BCUT2D eigenvalue weighted by molar-refractivity contribution is 0.102. The van der Waals surface area contributed by atoms with E-state index >= 15 is 0 Å². The maximum atomic E-state index is 12.4. The predicted octanol–water partition coefficient (Wildman–Crippen LogP) is 5.92. The lowest BCUT2D eigenvalue weighted by Crippen LogP contribution is -2.12. The molecule has 0 saturated heterocycles. The van der Waals surface area contributed by atoms with Crippen LogP contribution in [0.4, 0.5) is 5.69 Å². The molecule has 0 radical (unpaired) electrons. The van der Waals surface area contributed by atoms with Crippen LogP contribution in [0.15, 0.2) is 76.5 Å². The number of carbonyl (C=O) groups is 1. The highest BCUT2D eigenvalue weighted by atomic mass is 35.5. The number of aryl methyl sites for hydroxylation is 1. The summed E-state index contributed by atoms with van der Waals surface area (Å²) in [5.74, 6) is -0.307. The van der Waals surface area contributed by atoms with E-state index in [0.717, 1.165) is 15.4 Å². The monoisotopic (exact) mass is 378 g/mol. The van der Waals surface area contributed by atoms with Crippen molar-refractivity contribution in [2.24, 2.45) is 0 Å². The van der Waals surface area contributed by atoms with Gasteiger partial charge in [0.25, 0.3) is 5.91 Å². The average Bonchev–Trinajstić information content (AvgIpc) is 2.65. The van der Waals surface area contributed by atoms with Crippen molar-refractivity contribution in [1.29, 1.82) is 5.26 Å². The number of hydrogen-bond donors (Lipinski definition) is 1. The summed E-state index contributed by atoms with van der Waals surface area (Å²) >= 11 is 7.59. The predicted molar refractivity (Wildman–Crippen MR) is 106 cm³/mol. The third-order valence-electron chi connectivity index (χ3n) is 3.79. The molecule has 0 aliphatic rings. The van der Waals surface area contributed by atoms with Crippen LogP contribution in [-0.2, 0) is 0 Å². The zero-order chi connectivity index (χ0) is 18.5. The maximum absolute atomic E-state index is 12.4. The van der Waals surface area contributed by atoms with Gasteiger partial charge < -0.3 is 5.32 Å². The van der Waals surface area contributed by atoms with Crippen LogP contribution in [-0.4, -0.2) is 5.91 Å². The topological polar surface area (TPSA) is 52.9 Å². The van der Waals surface area contributed by atoms with E-state index in [1.54, 1.807) is 36.4 Å². The summed E-state index contributed by atoms with van der Waals surface area (Å²) in [4.78, 5) is 14.3. The molecule has 0 heterocycles. The third kappa shape index (κ3) is 4.08. The molecule has 0 fully saturated rings. The van der Waals surface area contributed by atoms with E-state index in [2.05, 4.69) is 11.4 Å². The van der Waals surface area contributed by atoms with Crippen molar-refractivity contribution in [3.63, 3.8) is 0 Å². The Hall–Kier alpha value is -2.74. The average molecular weight is 379 g/mol. The summed E-state index contributed by atoms with van der Waals surface area (Å²) in [6.07, 6.45) is 0. The van der Waals surface area contributed by atoms with Crippen LogP contribution in [0.3, 0.4) is 0 Å². The summed E-state index contributed by atoms with van der Waals surface area (Å²) in [7, 11) is 0. The Labute approximate surface area is 161 Å². The summed E-state index contributed by atoms with van der Waals surface area (Å²) in [6.45, 7) is 2.03. The Bertz CT molecular complexity index is 1010. The second kappa shape index (κ2) is 8.09. The van der Waals surface area contributed by atoms with Gasteiger partial charge in [0.1, 0.15) is 6.07 Å². The fraction of sp³-hybridized carbons (Fsp3) is 0.0476. The van der Waals surface area contributed by atoms with Gasteiger partial charge in [-0.15, -0.1) is 0 Å². The van der Waals surface area contributed by atoms with Gasteiger partial charge >= 0.3 is 0 Å². The maximum Gasteiger partial charge on any atom is 0.257 e. The quantitative estimate of drug-likeness (QED) is 0.612. The number of amides is 1. The van der Waals surface area contributed by atoms with Crippen LogP contribution in [0, 0.1) is 18.3 Å². The van der Waals surface area contributed by atoms with Crippen LogP contribution in [0.1, 0.15) is 21.5 Å². The van der Waals surface area contributed by atoms with Gasteiger partial charge in [-0.05, 0) is 48.9 Å². The number of nitrogens with one attached hydrogen (secondary N) is 1. The van der Waals surface area contributed by atoms with E-state index in [1.807, 2.05) is 37.3 Å². The first-order chi connectivity index (χ1) is 12.6. The van der Waals surface area contributed by atoms with Crippen molar-refractivity contribution in [2.45, 2.75) is 16.7 Å². The molecule has 0 atom stereocenters. The summed E-state index contributed by atoms with van der Waals surface area (Å²) in [5, 5.41) is 12.7. The minimum Gasteiger partial charge on any atom is -0.322 e. The molecule has 26 heavy (non-hydrogen) atoms. The molecule has 5 heteroatoms. The summed E-state index contributed by atoms with van der Waals surface area (Å²) < 4.78 is 0. The Morgan fingerprint density at radius 1 is 1.04 bits per heavy atom. The normalized spacial score (nSPS) is 10.2. The van der Waals surface area contributed by atoms with Crippen molar-refractivity contribution in [2.75, 3.05) is 5.32 Å². The zero-order valence-corrected chi connectivity index (χ0v) is 15.6. The Morgan fingerprint density at radius 2 is 1.77 bits per heavy atom. The molecular weight excluding hydrogens is 364 g/mol. The van der Waals surface area contributed by atoms with Crippen molar-refractivity contribution >= 4 is 35.0 Å². The number of hydrogen-bond acceptors (Lipinski definition) is 3. The van der Waals surface area contributed by atoms with Crippen LogP contribution >= 0.6 is 23.4 Å². The van der Waals surface area contributed by atoms with Gasteiger partial charge in [0.2, 0.25) is 0 Å². The number of nitriles is 1. The van der Waals surface area contributed by atoms with Crippen molar-refractivity contribution < 1.29 is 4.79 Å². The number of nitrogens with zero attached hydrogens (tertiary/aromatic N) is 1. The molecule has 128 valence electrons. The first-order valence-corrected chi connectivity index (χ1v) is 9.11. The Morgan fingerprint density at radius 3 is 2.50 bits per heavy atom. The first kappa shape index (κ1) is 18.1. The van der Waals surface area contributed by atoms with E-state index in [-0.39, 0.29) is 5.91 Å². The lowest BCUT2D eigenvalue weighted by Gasteiger charge is -2.10. The minimum atomic E-state index is -0.307. The Kier molecular flexibility index (Phi) is 5.62. The molecule has 3 aromatic carbocycles. The molecule has 0 aromatic heterocycles. The van der Waals surface area contributed by atoms with Gasteiger partial charge in [0.05, 0.1) is 16.1 Å². The van der Waals surface area contributed by atoms with Crippen LogP contribution < -0.4 is 5.32 Å². The summed E-state index contributed by atoms with van der Waals surface area (Å²) in [5.41, 5.74) is 2.61. The standard InChI is InChI=1S/C21H15ClN2OS/c1-14-6-2-5-9-19(14)26-20-11-10-16(12-15(20)13-23)24-21(25)17-7-3-4-8-18(17)22/h2-12H,1H3,(H,24,25). The van der Waals surface area contributed by atoms with Crippen LogP contribution in [0.25, 0.3) is 0 Å². The zero-order valence-electron chi connectivity index (χ0n) is 14.0. The Balaban J connectivity index is 1.83. The second-order valence-electron chi connectivity index (χ2n) is 5.62. The molecule has 1 N–H and O–H groups in total. The third-order valence-corrected chi connectivity index (χ3v) is 5.37. The summed E-state index contributed by atoms with van der Waals surface area (Å²) in [6, 6.07) is 22.4. The molecule has 1 amide bonds. The highest BCUT2D eigenvalue weighted by molar-refractivity contribution is 7.99. The number of rotatable bonds is 4. The molecule has 0 bridgehead atoms. The fourth-order valence-corrected chi connectivity index (χ4v) is 3.60. The van der Waals surface area contributed by atoms with Crippen LogP contribution in [0.2, 0.25) is 5.02 Å². The molecule has 3 rings (SSSR count). The molecule has 0 unspecified atom stereocenters. The minimum absolute atomic E-state index is 0.307. The molecular formula is C21H15ClN2OS. The molecule has 0 saturated carbocycles. The van der Waals surface area contributed by atoms with Gasteiger partial charge in [0, 0.05) is 15.5 Å². The van der Waals surface area contributed by atoms with Crippen molar-refractivity contribution in [3.8, 4) is 6.07 Å². The molecule has 3 aromatic rings. The highest BCUT2D eigenvalue weighted by Crippen LogP contribution is 2.33. The van der Waals surface area contributed by atoms with Gasteiger partial charge in [-0.2, -0.15) is 5.26 Å². The lowest BCUT2D eigenvalue weighted by atomic mass is 10.2. The van der Waals surface area contributed by atoms with Crippen molar-refractivity contribution in [3.05, 3.63) is 88.4 Å². The molecule has 0 aliphatic heterocycles. The van der Waals surface area contributed by atoms with E-state index < -0.39 is 0 Å². The first-order valence-electron chi connectivity index (χ1n) is 7.92. The number of benzene rings is 3. The smallest absolute Gasteiger partial charge is 0.257 e. The van der Waals surface area contributed by atoms with Crippen molar-refractivity contribution in [1.82, 2.24) is 0 Å². The van der Waals surface area contributed by atoms with Crippen LogP contribution in [0.5, 0.6) is 0 Å². The van der Waals surface area contributed by atoms with E-state index in [9.17, 15) is 10.1 Å². The molecule has 0 aliphatic carbocycles. The largest absolute Gasteiger partial charge is 0.322 e.